The zero-order valence-corrected chi connectivity index (χ0v) is 14.3. The van der Waals surface area contributed by atoms with Gasteiger partial charge < -0.3 is 17.7 Å². The van der Waals surface area contributed by atoms with Crippen molar-refractivity contribution in [1.29, 1.82) is 0 Å². The maximum atomic E-state index is 12.5. The van der Waals surface area contributed by atoms with Crippen molar-refractivity contribution in [2.24, 2.45) is 0 Å². The Balaban J connectivity index is 0.00000225. The van der Waals surface area contributed by atoms with Gasteiger partial charge in [0.15, 0.2) is 0 Å². The Labute approximate surface area is 146 Å². The van der Waals surface area contributed by atoms with Crippen molar-refractivity contribution in [3.8, 4) is 0 Å². The third-order valence-corrected chi connectivity index (χ3v) is 4.40. The number of carbonyl (C=O) groups is 1. The normalized spacial score (nSPS) is 10.9. The molecule has 84 valence electrons. The minimum Gasteiger partial charge on any atom is -0.465 e. The van der Waals surface area contributed by atoms with Crippen molar-refractivity contribution < 1.29 is 73.9 Å². The molecule has 0 bridgehead atoms. The third-order valence-electron chi connectivity index (χ3n) is 1.78. The smallest absolute Gasteiger partial charge is 0.465 e. The standard InChI is InChI=1S/C7H6BBrF3O2S.K/c1-3-4(9)5(7(13)14-2)15-6(3)8(10,11)12;/h1-2H3;/q-1;+1. The summed E-state index contributed by atoms with van der Waals surface area (Å²) in [6, 6.07) is 0. The van der Waals surface area contributed by atoms with E-state index >= 15 is 0 Å². The molecule has 1 aromatic heterocycles. The van der Waals surface area contributed by atoms with Crippen LogP contribution in [-0.2, 0) is 4.74 Å². The van der Waals surface area contributed by atoms with E-state index in [-0.39, 0.29) is 66.3 Å². The van der Waals surface area contributed by atoms with E-state index in [2.05, 4.69) is 20.7 Å². The Morgan fingerprint density at radius 1 is 1.44 bits per heavy atom. The number of carbonyl (C=O) groups excluding carboxylic acids is 1. The van der Waals surface area contributed by atoms with Crippen LogP contribution < -0.4 is 56.2 Å². The van der Waals surface area contributed by atoms with Crippen LogP contribution in [0, 0.1) is 6.92 Å². The molecule has 0 unspecified atom stereocenters. The Kier molecular flexibility index (Phi) is 6.80. The molecule has 0 saturated carbocycles. The van der Waals surface area contributed by atoms with Gasteiger partial charge >= 0.3 is 64.3 Å². The molecule has 0 N–H and O–H groups in total. The molecule has 0 aromatic carbocycles. The Bertz CT molecular complexity index is 407. The van der Waals surface area contributed by atoms with Crippen LogP contribution in [-0.4, -0.2) is 20.1 Å². The predicted molar refractivity (Wildman–Crippen MR) is 56.8 cm³/mol. The molecule has 0 atom stereocenters. The predicted octanol–water partition coefficient (Wildman–Crippen LogP) is -0.336. The molecule has 0 radical (unpaired) electrons. The first kappa shape index (κ1) is 17.1. The third kappa shape index (κ3) is 3.57. The van der Waals surface area contributed by atoms with E-state index in [1.165, 1.54) is 6.92 Å². The Morgan fingerprint density at radius 2 is 1.94 bits per heavy atom. The summed E-state index contributed by atoms with van der Waals surface area (Å²) in [5.41, 5.74) is 0.0351. The molecule has 0 spiro atoms. The molecule has 1 aromatic rings. The zero-order valence-electron chi connectivity index (χ0n) is 8.81. The molecular formula is C7H6BBrF3KO2S. The molecule has 2 nitrogen and oxygen atoms in total. The molecule has 1 rings (SSSR count). The number of methoxy groups -OCH3 is 1. The number of hydrogen-bond donors (Lipinski definition) is 0. The zero-order chi connectivity index (χ0) is 11.8. The van der Waals surface area contributed by atoms with E-state index < -0.39 is 17.7 Å². The number of ether oxygens (including phenoxy) is 1. The average Bonchev–Trinajstić information content (AvgIpc) is 2.42. The molecule has 16 heavy (non-hydrogen) atoms. The summed E-state index contributed by atoms with van der Waals surface area (Å²) in [6.45, 7) is -3.77. The first-order valence-corrected chi connectivity index (χ1v) is 5.47. The largest absolute Gasteiger partial charge is 1.00 e. The first-order valence-electron chi connectivity index (χ1n) is 3.86. The fourth-order valence-electron chi connectivity index (χ4n) is 1.05. The van der Waals surface area contributed by atoms with Crippen LogP contribution in [0.25, 0.3) is 0 Å². The van der Waals surface area contributed by atoms with Gasteiger partial charge in [0.05, 0.1) is 7.11 Å². The summed E-state index contributed by atoms with van der Waals surface area (Å²) in [5.74, 6) is -0.763. The molecule has 0 aliphatic carbocycles. The summed E-state index contributed by atoms with van der Waals surface area (Å²) in [7, 11) is 1.13. The number of rotatable bonds is 2. The minimum absolute atomic E-state index is 0. The second kappa shape index (κ2) is 6.35. The van der Waals surface area contributed by atoms with E-state index in [4.69, 9.17) is 0 Å². The van der Waals surface area contributed by atoms with Gasteiger partial charge in [-0.25, -0.2) is 4.79 Å². The summed E-state index contributed by atoms with van der Waals surface area (Å²) < 4.78 is 41.3. The van der Waals surface area contributed by atoms with Crippen LogP contribution in [0.5, 0.6) is 0 Å². The fourth-order valence-corrected chi connectivity index (χ4v) is 2.81. The van der Waals surface area contributed by atoms with Crippen molar-refractivity contribution in [2.45, 2.75) is 6.92 Å². The van der Waals surface area contributed by atoms with E-state index in [1.807, 2.05) is 0 Å². The minimum atomic E-state index is -5.08. The number of hydrogen-bond acceptors (Lipinski definition) is 3. The van der Waals surface area contributed by atoms with Crippen LogP contribution in [0.1, 0.15) is 15.2 Å². The van der Waals surface area contributed by atoms with Crippen LogP contribution in [0.2, 0.25) is 0 Å². The SMILES string of the molecule is COC(=O)c1sc([B-](F)(F)F)c(C)c1Br.[K+]. The molecule has 9 heteroatoms. The number of esters is 1. The van der Waals surface area contributed by atoms with Gasteiger partial charge in [-0.1, -0.05) is 5.56 Å². The summed E-state index contributed by atoms with van der Waals surface area (Å²) >= 11 is 3.36. The van der Waals surface area contributed by atoms with E-state index in [0.717, 1.165) is 7.11 Å². The Hall–Kier alpha value is 1.14. The van der Waals surface area contributed by atoms with Crippen molar-refractivity contribution in [3.05, 3.63) is 14.9 Å². The second-order valence-corrected chi connectivity index (χ2v) is 4.65. The van der Waals surface area contributed by atoms with Crippen molar-refractivity contribution in [1.82, 2.24) is 0 Å². The Morgan fingerprint density at radius 3 is 2.25 bits per heavy atom. The van der Waals surface area contributed by atoms with Gasteiger partial charge in [0.25, 0.3) is 0 Å². The van der Waals surface area contributed by atoms with Gasteiger partial charge in [-0.05, 0) is 27.6 Å². The van der Waals surface area contributed by atoms with Crippen LogP contribution in [0.3, 0.4) is 0 Å². The first-order chi connectivity index (χ1) is 6.79. The van der Waals surface area contributed by atoms with Crippen LogP contribution in [0.15, 0.2) is 4.47 Å². The van der Waals surface area contributed by atoms with Crippen molar-refractivity contribution in [3.63, 3.8) is 0 Å². The number of halogens is 4. The molecular weight excluding hydrogens is 335 g/mol. The van der Waals surface area contributed by atoms with Gasteiger partial charge in [0.2, 0.25) is 0 Å². The molecule has 1 heterocycles. The topological polar surface area (TPSA) is 26.3 Å². The van der Waals surface area contributed by atoms with Gasteiger partial charge in [-0.3, -0.25) is 0 Å². The number of thiophene rings is 1. The summed E-state index contributed by atoms with van der Waals surface area (Å²) in [4.78, 5) is 11.1. The van der Waals surface area contributed by atoms with Gasteiger partial charge in [-0.15, -0.1) is 0 Å². The second-order valence-electron chi connectivity index (χ2n) is 2.80. The average molecular weight is 341 g/mol. The van der Waals surface area contributed by atoms with Gasteiger partial charge in [0, 0.05) is 4.47 Å². The molecule has 0 saturated heterocycles. The van der Waals surface area contributed by atoms with E-state index in [9.17, 15) is 17.7 Å². The fraction of sp³-hybridized carbons (Fsp3) is 0.286. The monoisotopic (exact) mass is 340 g/mol. The molecule has 0 aliphatic rings. The van der Waals surface area contributed by atoms with Crippen LogP contribution >= 0.6 is 27.3 Å². The van der Waals surface area contributed by atoms with E-state index in [0.29, 0.717) is 11.3 Å². The van der Waals surface area contributed by atoms with Crippen molar-refractivity contribution in [2.75, 3.05) is 7.11 Å². The van der Waals surface area contributed by atoms with Crippen LogP contribution in [0.4, 0.5) is 12.9 Å². The van der Waals surface area contributed by atoms with Crippen molar-refractivity contribution >= 4 is 45.0 Å². The maximum absolute atomic E-state index is 12.5. The molecule has 0 amide bonds. The quantitative estimate of drug-likeness (QED) is 0.544. The molecule has 0 fully saturated rings. The maximum Gasteiger partial charge on any atom is 1.00 e. The van der Waals surface area contributed by atoms with Gasteiger partial charge in [-0.2, -0.15) is 11.3 Å². The summed E-state index contributed by atoms with van der Waals surface area (Å²) in [6.07, 6.45) is 0. The van der Waals surface area contributed by atoms with Gasteiger partial charge in [0.1, 0.15) is 4.88 Å². The summed E-state index contributed by atoms with van der Waals surface area (Å²) in [5, 5.41) is 0. The van der Waals surface area contributed by atoms with E-state index in [1.54, 1.807) is 0 Å². The molecule has 0 aliphatic heterocycles.